The predicted molar refractivity (Wildman–Crippen MR) is 152 cm³/mol. The van der Waals surface area contributed by atoms with Gasteiger partial charge in [0, 0.05) is 21.9 Å². The van der Waals surface area contributed by atoms with Crippen molar-refractivity contribution in [2.45, 2.75) is 12.5 Å². The van der Waals surface area contributed by atoms with E-state index in [2.05, 4.69) is 102 Å². The lowest BCUT2D eigenvalue weighted by Crippen LogP contribution is -2.41. The molecule has 3 heterocycles. The lowest BCUT2D eigenvalue weighted by atomic mass is 9.77. The molecule has 5 aromatic carbocycles. The van der Waals surface area contributed by atoms with Crippen molar-refractivity contribution in [3.8, 4) is 11.5 Å². The maximum absolute atomic E-state index is 6.52. The summed E-state index contributed by atoms with van der Waals surface area (Å²) in [5.74, 6) is 1.64. The average Bonchev–Trinajstić information content (AvgIpc) is 3.30. The third-order valence-electron chi connectivity index (χ3n) is 7.76. The highest BCUT2D eigenvalue weighted by molar-refractivity contribution is 6.08. The van der Waals surface area contributed by atoms with Crippen LogP contribution in [0.4, 0.5) is 0 Å². The van der Waals surface area contributed by atoms with Gasteiger partial charge in [-0.3, -0.25) is 4.98 Å². The number of para-hydroxylation sites is 4. The molecule has 180 valence electrons. The van der Waals surface area contributed by atoms with Gasteiger partial charge in [-0.1, -0.05) is 78.9 Å². The van der Waals surface area contributed by atoms with Crippen LogP contribution in [-0.4, -0.2) is 14.5 Å². The van der Waals surface area contributed by atoms with Crippen LogP contribution in [0.15, 0.2) is 121 Å². The van der Waals surface area contributed by atoms with E-state index in [1.165, 1.54) is 16.3 Å². The van der Waals surface area contributed by atoms with Crippen LogP contribution in [-0.2, 0) is 5.54 Å². The number of aryl methyl sites for hydroxylation is 1. The smallest absolute Gasteiger partial charge is 0.146 e. The average molecular weight is 490 g/mol. The Kier molecular flexibility index (Phi) is 4.32. The van der Waals surface area contributed by atoms with Crippen molar-refractivity contribution in [3.05, 3.63) is 144 Å². The summed E-state index contributed by atoms with van der Waals surface area (Å²) in [5, 5.41) is 2.40. The zero-order chi connectivity index (χ0) is 25.3. The molecule has 0 saturated carbocycles. The fourth-order valence-electron chi connectivity index (χ4n) is 6.18. The van der Waals surface area contributed by atoms with Crippen molar-refractivity contribution in [3.63, 3.8) is 0 Å². The molecule has 0 aliphatic carbocycles. The molecular weight excluding hydrogens is 466 g/mol. The van der Waals surface area contributed by atoms with E-state index >= 15 is 0 Å². The summed E-state index contributed by atoms with van der Waals surface area (Å²) >= 11 is 0. The van der Waals surface area contributed by atoms with Gasteiger partial charge in [-0.15, -0.1) is 0 Å². The summed E-state index contributed by atoms with van der Waals surface area (Å²) in [6.45, 7) is 2.08. The molecule has 0 bridgehead atoms. The molecule has 38 heavy (non-hydrogen) atoms. The largest absolute Gasteiger partial charge is 0.457 e. The Morgan fingerprint density at radius 3 is 1.87 bits per heavy atom. The van der Waals surface area contributed by atoms with Crippen LogP contribution >= 0.6 is 0 Å². The third-order valence-corrected chi connectivity index (χ3v) is 7.76. The lowest BCUT2D eigenvalue weighted by molar-refractivity contribution is 0.395. The summed E-state index contributed by atoms with van der Waals surface area (Å²) in [6, 6.07) is 40.1. The van der Waals surface area contributed by atoms with Gasteiger partial charge in [0.15, 0.2) is 0 Å². The molecule has 8 rings (SSSR count). The Labute approximate surface area is 219 Å². The number of hydrogen-bond acceptors (Lipinski definition) is 3. The minimum atomic E-state index is -0.819. The highest BCUT2D eigenvalue weighted by atomic mass is 16.5. The molecule has 1 aliphatic rings. The standard InChI is InChI=1S/C34H23N3O/c1-22-18-19-27-28(20-22)35-21-33(36-27)34(25-12-4-8-16-31(25)38-32-17-9-5-13-26(32)34)37-29-14-6-2-10-23(29)24-11-3-7-15-30(24)37/h2-21H,1H3. The molecule has 4 heteroatoms. The van der Waals surface area contributed by atoms with Gasteiger partial charge in [0.05, 0.1) is 34.0 Å². The SMILES string of the molecule is Cc1ccc2nc(C3(n4c5ccccc5c5ccccc54)c4ccccc4Oc4ccccc43)cnc2c1. The predicted octanol–water partition coefficient (Wildman–Crippen LogP) is 7.99. The van der Waals surface area contributed by atoms with Gasteiger partial charge in [-0.05, 0) is 48.9 Å². The quantitative estimate of drug-likeness (QED) is 0.247. The second-order valence-corrected chi connectivity index (χ2v) is 9.92. The van der Waals surface area contributed by atoms with E-state index in [4.69, 9.17) is 14.7 Å². The highest BCUT2D eigenvalue weighted by Crippen LogP contribution is 2.54. The van der Waals surface area contributed by atoms with Crippen molar-refractivity contribution in [1.29, 1.82) is 0 Å². The normalized spacial score (nSPS) is 13.8. The van der Waals surface area contributed by atoms with Gasteiger partial charge in [0.2, 0.25) is 0 Å². The van der Waals surface area contributed by atoms with E-state index in [-0.39, 0.29) is 0 Å². The first kappa shape index (κ1) is 21.2. The van der Waals surface area contributed by atoms with Crippen molar-refractivity contribution in [1.82, 2.24) is 14.5 Å². The van der Waals surface area contributed by atoms with E-state index in [1.807, 2.05) is 30.5 Å². The van der Waals surface area contributed by atoms with E-state index in [0.29, 0.717) is 0 Å². The summed E-state index contributed by atoms with van der Waals surface area (Å²) in [7, 11) is 0. The van der Waals surface area contributed by atoms with Gasteiger partial charge >= 0.3 is 0 Å². The van der Waals surface area contributed by atoms with Gasteiger partial charge in [0.25, 0.3) is 0 Å². The molecular formula is C34H23N3O. The fourth-order valence-corrected chi connectivity index (χ4v) is 6.18. The maximum atomic E-state index is 6.52. The minimum Gasteiger partial charge on any atom is -0.457 e. The van der Waals surface area contributed by atoms with Crippen LogP contribution in [0.25, 0.3) is 32.8 Å². The van der Waals surface area contributed by atoms with Crippen molar-refractivity contribution < 1.29 is 4.74 Å². The Bertz CT molecular complexity index is 1940. The second-order valence-electron chi connectivity index (χ2n) is 9.92. The maximum Gasteiger partial charge on any atom is 0.146 e. The Morgan fingerprint density at radius 1 is 0.632 bits per heavy atom. The first-order valence-electron chi connectivity index (χ1n) is 12.8. The van der Waals surface area contributed by atoms with E-state index in [1.54, 1.807) is 0 Å². The van der Waals surface area contributed by atoms with E-state index in [0.717, 1.165) is 50.4 Å². The number of rotatable bonds is 2. The molecule has 0 atom stereocenters. The zero-order valence-electron chi connectivity index (χ0n) is 20.8. The fraction of sp³-hybridized carbons (Fsp3) is 0.0588. The molecule has 0 amide bonds. The Morgan fingerprint density at radius 2 is 1.21 bits per heavy atom. The molecule has 0 unspecified atom stereocenters. The molecule has 7 aromatic rings. The minimum absolute atomic E-state index is 0.818. The number of fused-ring (bicyclic) bond motifs is 6. The van der Waals surface area contributed by atoms with Gasteiger partial charge in [-0.25, -0.2) is 4.98 Å². The van der Waals surface area contributed by atoms with Crippen LogP contribution in [0.5, 0.6) is 11.5 Å². The molecule has 0 fully saturated rings. The number of nitrogens with zero attached hydrogens (tertiary/aromatic N) is 3. The highest BCUT2D eigenvalue weighted by Gasteiger charge is 2.48. The van der Waals surface area contributed by atoms with Crippen LogP contribution in [0.3, 0.4) is 0 Å². The van der Waals surface area contributed by atoms with Crippen LogP contribution < -0.4 is 4.74 Å². The number of ether oxygens (including phenoxy) is 1. The van der Waals surface area contributed by atoms with E-state index in [9.17, 15) is 0 Å². The third kappa shape index (κ3) is 2.74. The first-order valence-corrected chi connectivity index (χ1v) is 12.8. The Balaban J connectivity index is 1.63. The molecule has 4 nitrogen and oxygen atoms in total. The number of hydrogen-bond donors (Lipinski definition) is 0. The molecule has 0 saturated heterocycles. The molecule has 0 spiro atoms. The summed E-state index contributed by atoms with van der Waals surface area (Å²) in [4.78, 5) is 10.3. The molecule has 0 radical (unpaired) electrons. The summed E-state index contributed by atoms with van der Waals surface area (Å²) in [6.07, 6.45) is 1.95. The van der Waals surface area contributed by atoms with Crippen molar-refractivity contribution in [2.75, 3.05) is 0 Å². The van der Waals surface area contributed by atoms with Gasteiger partial charge in [0.1, 0.15) is 17.0 Å². The summed E-state index contributed by atoms with van der Waals surface area (Å²) in [5.41, 5.74) is 7.28. The number of benzene rings is 5. The van der Waals surface area contributed by atoms with Crippen LogP contribution in [0, 0.1) is 6.92 Å². The van der Waals surface area contributed by atoms with Crippen molar-refractivity contribution in [2.24, 2.45) is 0 Å². The topological polar surface area (TPSA) is 39.9 Å². The second kappa shape index (κ2) is 7.77. The summed E-state index contributed by atoms with van der Waals surface area (Å²) < 4.78 is 8.96. The molecule has 1 aliphatic heterocycles. The monoisotopic (exact) mass is 489 g/mol. The molecule has 0 N–H and O–H groups in total. The van der Waals surface area contributed by atoms with Crippen LogP contribution in [0.2, 0.25) is 0 Å². The van der Waals surface area contributed by atoms with Crippen LogP contribution in [0.1, 0.15) is 22.4 Å². The van der Waals surface area contributed by atoms with Crippen molar-refractivity contribution >= 4 is 32.8 Å². The Hall–Kier alpha value is -4.96. The number of aromatic nitrogens is 3. The molecule has 2 aromatic heterocycles. The van der Waals surface area contributed by atoms with Gasteiger partial charge in [-0.2, -0.15) is 0 Å². The van der Waals surface area contributed by atoms with Gasteiger partial charge < -0.3 is 9.30 Å². The van der Waals surface area contributed by atoms with E-state index < -0.39 is 5.54 Å². The first-order chi connectivity index (χ1) is 18.7. The zero-order valence-corrected chi connectivity index (χ0v) is 20.8. The lowest BCUT2D eigenvalue weighted by Gasteiger charge is -2.42.